The number of hydrogen-bond donors (Lipinski definition) is 1. The summed E-state index contributed by atoms with van der Waals surface area (Å²) in [5.41, 5.74) is 5.35. The van der Waals surface area contributed by atoms with Gasteiger partial charge >= 0.3 is 0 Å². The summed E-state index contributed by atoms with van der Waals surface area (Å²) in [6.45, 7) is 0.00222. The van der Waals surface area contributed by atoms with E-state index in [-0.39, 0.29) is 18.4 Å². The molecule has 0 fully saturated rings. The molecule has 2 heterocycles. The van der Waals surface area contributed by atoms with Gasteiger partial charge in [0.2, 0.25) is 5.91 Å². The van der Waals surface area contributed by atoms with E-state index >= 15 is 0 Å². The minimum absolute atomic E-state index is 0.00222. The average molecular weight is 440 g/mol. The molecule has 1 atom stereocenters. The van der Waals surface area contributed by atoms with E-state index in [2.05, 4.69) is 11.1 Å². The molecule has 166 valence electrons. The molecule has 5 rings (SSSR count). The van der Waals surface area contributed by atoms with Crippen LogP contribution >= 0.6 is 0 Å². The van der Waals surface area contributed by atoms with Crippen LogP contribution < -0.4 is 4.74 Å². The fraction of sp³-hybridized carbons (Fsp3) is 0.185. The lowest BCUT2D eigenvalue weighted by molar-refractivity contribution is -0.129. The topological polar surface area (TPSA) is 65.6 Å². The van der Waals surface area contributed by atoms with Crippen LogP contribution in [0.5, 0.6) is 5.75 Å². The Morgan fingerprint density at radius 3 is 2.58 bits per heavy atom. The number of methoxy groups -OCH3 is 1. The normalized spacial score (nSPS) is 15.1. The van der Waals surface area contributed by atoms with E-state index in [1.807, 2.05) is 66.7 Å². The van der Waals surface area contributed by atoms with Gasteiger partial charge in [-0.15, -0.1) is 0 Å². The summed E-state index contributed by atoms with van der Waals surface area (Å²) in [6.07, 6.45) is 0. The molecule has 1 unspecified atom stereocenters. The van der Waals surface area contributed by atoms with Crippen molar-refractivity contribution in [3.05, 3.63) is 89.5 Å². The van der Waals surface area contributed by atoms with Gasteiger partial charge in [-0.25, -0.2) is 0 Å². The van der Waals surface area contributed by atoms with Crippen LogP contribution in [0.25, 0.3) is 22.2 Å². The summed E-state index contributed by atoms with van der Waals surface area (Å²) in [5, 5.41) is 1.02. The van der Waals surface area contributed by atoms with Crippen LogP contribution in [0.3, 0.4) is 0 Å². The zero-order chi connectivity index (χ0) is 23.1. The van der Waals surface area contributed by atoms with Crippen LogP contribution in [0, 0.1) is 0 Å². The molecule has 4 aromatic rings. The van der Waals surface area contributed by atoms with E-state index in [4.69, 9.17) is 4.74 Å². The second-order valence-corrected chi connectivity index (χ2v) is 8.40. The first-order chi connectivity index (χ1) is 16.0. The van der Waals surface area contributed by atoms with Crippen LogP contribution in [0.2, 0.25) is 0 Å². The number of hydrogen-bond acceptors (Lipinski definition) is 3. The number of benzene rings is 3. The van der Waals surface area contributed by atoms with Crippen molar-refractivity contribution in [2.75, 3.05) is 27.7 Å². The van der Waals surface area contributed by atoms with Crippen LogP contribution in [0.4, 0.5) is 0 Å². The van der Waals surface area contributed by atoms with E-state index < -0.39 is 6.04 Å². The molecule has 2 amide bonds. The van der Waals surface area contributed by atoms with Gasteiger partial charge in [-0.2, -0.15) is 0 Å². The molecule has 0 radical (unpaired) electrons. The molecule has 6 heteroatoms. The molecule has 0 aliphatic carbocycles. The van der Waals surface area contributed by atoms with Gasteiger partial charge in [-0.1, -0.05) is 48.5 Å². The molecule has 0 spiro atoms. The number of nitrogens with zero attached hydrogens (tertiary/aromatic N) is 2. The highest BCUT2D eigenvalue weighted by atomic mass is 16.5. The van der Waals surface area contributed by atoms with Gasteiger partial charge in [-0.05, 0) is 29.8 Å². The third-order valence-corrected chi connectivity index (χ3v) is 6.24. The molecule has 1 aliphatic rings. The minimum Gasteiger partial charge on any atom is -0.497 e. The zero-order valence-corrected chi connectivity index (χ0v) is 18.8. The summed E-state index contributed by atoms with van der Waals surface area (Å²) in [6, 6.07) is 23.2. The number of carbonyl (C=O) groups is 2. The van der Waals surface area contributed by atoms with Gasteiger partial charge in [0.05, 0.1) is 18.8 Å². The standard InChI is InChI=1S/C27H25N3O3/c1-29(2)23(31)16-30-26(19-11-4-5-12-20(19)27(30)32)24-21-13-6-7-14-22(21)28-25(24)17-9-8-10-18(15-17)33-3/h4-15,26,28H,16H2,1-3H3. The molecular weight excluding hydrogens is 414 g/mol. The Morgan fingerprint density at radius 2 is 1.79 bits per heavy atom. The predicted molar refractivity (Wildman–Crippen MR) is 128 cm³/mol. The highest BCUT2D eigenvalue weighted by Gasteiger charge is 2.41. The lowest BCUT2D eigenvalue weighted by Crippen LogP contribution is -2.39. The second kappa shape index (κ2) is 8.13. The number of ether oxygens (including phenoxy) is 1. The van der Waals surface area contributed by atoms with Crippen molar-refractivity contribution >= 4 is 22.7 Å². The lowest BCUT2D eigenvalue weighted by atomic mass is 9.93. The first-order valence-corrected chi connectivity index (χ1v) is 10.8. The molecule has 3 aromatic carbocycles. The van der Waals surface area contributed by atoms with Gasteiger partial charge in [-0.3, -0.25) is 9.59 Å². The Morgan fingerprint density at radius 1 is 1.03 bits per heavy atom. The zero-order valence-electron chi connectivity index (χ0n) is 18.8. The van der Waals surface area contributed by atoms with Gasteiger partial charge in [0.25, 0.3) is 5.91 Å². The number of amides is 2. The third kappa shape index (κ3) is 3.44. The van der Waals surface area contributed by atoms with Gasteiger partial charge < -0.3 is 19.5 Å². The van der Waals surface area contributed by atoms with Crippen LogP contribution in [0.15, 0.2) is 72.8 Å². The van der Waals surface area contributed by atoms with E-state index in [1.165, 1.54) is 4.90 Å². The van der Waals surface area contributed by atoms with Gasteiger partial charge in [0.15, 0.2) is 0 Å². The monoisotopic (exact) mass is 439 g/mol. The number of fused-ring (bicyclic) bond motifs is 2. The first-order valence-electron chi connectivity index (χ1n) is 10.8. The summed E-state index contributed by atoms with van der Waals surface area (Å²) >= 11 is 0. The Labute approximate surface area is 192 Å². The highest BCUT2D eigenvalue weighted by molar-refractivity contribution is 6.03. The molecule has 1 aliphatic heterocycles. The lowest BCUT2D eigenvalue weighted by Gasteiger charge is -2.27. The van der Waals surface area contributed by atoms with Gasteiger partial charge in [0.1, 0.15) is 12.3 Å². The number of nitrogens with one attached hydrogen (secondary N) is 1. The maximum Gasteiger partial charge on any atom is 0.255 e. The third-order valence-electron chi connectivity index (χ3n) is 6.24. The number of likely N-dealkylation sites (N-methyl/N-ethyl adjacent to an activating group) is 1. The maximum atomic E-state index is 13.5. The van der Waals surface area contributed by atoms with Crippen molar-refractivity contribution in [1.82, 2.24) is 14.8 Å². The van der Waals surface area contributed by atoms with Crippen molar-refractivity contribution in [3.8, 4) is 17.0 Å². The SMILES string of the molecule is COc1cccc(-c2[nH]c3ccccc3c2C2c3ccccc3C(=O)N2CC(=O)N(C)C)c1. The summed E-state index contributed by atoms with van der Waals surface area (Å²) in [7, 11) is 5.06. The van der Waals surface area contributed by atoms with Crippen molar-refractivity contribution in [1.29, 1.82) is 0 Å². The average Bonchev–Trinajstić information content (AvgIpc) is 3.34. The van der Waals surface area contributed by atoms with Crippen molar-refractivity contribution in [3.63, 3.8) is 0 Å². The summed E-state index contributed by atoms with van der Waals surface area (Å²) < 4.78 is 5.46. The number of H-pyrrole nitrogens is 1. The van der Waals surface area contributed by atoms with Crippen LogP contribution in [0.1, 0.15) is 27.5 Å². The Balaban J connectivity index is 1.77. The molecule has 1 aromatic heterocycles. The first kappa shape index (κ1) is 20.8. The van der Waals surface area contributed by atoms with E-state index in [0.717, 1.165) is 39.0 Å². The molecule has 0 saturated carbocycles. The van der Waals surface area contributed by atoms with E-state index in [9.17, 15) is 9.59 Å². The van der Waals surface area contributed by atoms with Crippen molar-refractivity contribution in [2.45, 2.75) is 6.04 Å². The van der Waals surface area contributed by atoms with Crippen molar-refractivity contribution in [2.24, 2.45) is 0 Å². The second-order valence-electron chi connectivity index (χ2n) is 8.40. The number of carbonyl (C=O) groups excluding carboxylic acids is 2. The number of rotatable bonds is 5. The largest absolute Gasteiger partial charge is 0.497 e. The fourth-order valence-corrected chi connectivity index (χ4v) is 4.59. The van der Waals surface area contributed by atoms with E-state index in [1.54, 1.807) is 26.1 Å². The van der Waals surface area contributed by atoms with E-state index in [0.29, 0.717) is 5.56 Å². The number of para-hydroxylation sites is 1. The summed E-state index contributed by atoms with van der Waals surface area (Å²) in [5.74, 6) is 0.497. The minimum atomic E-state index is -0.394. The molecular formula is C27H25N3O3. The molecule has 0 bridgehead atoms. The van der Waals surface area contributed by atoms with Crippen LogP contribution in [-0.2, 0) is 4.79 Å². The van der Waals surface area contributed by atoms with Gasteiger partial charge in [0, 0.05) is 41.7 Å². The number of aromatic nitrogens is 1. The maximum absolute atomic E-state index is 13.5. The quantitative estimate of drug-likeness (QED) is 0.499. The predicted octanol–water partition coefficient (Wildman–Crippen LogP) is 4.48. The molecule has 0 saturated heterocycles. The van der Waals surface area contributed by atoms with Crippen molar-refractivity contribution < 1.29 is 14.3 Å². The highest BCUT2D eigenvalue weighted by Crippen LogP contribution is 2.45. The Hall–Kier alpha value is -4.06. The smallest absolute Gasteiger partial charge is 0.255 e. The van der Waals surface area contributed by atoms with Crippen LogP contribution in [-0.4, -0.2) is 54.3 Å². The number of aromatic amines is 1. The molecule has 6 nitrogen and oxygen atoms in total. The summed E-state index contributed by atoms with van der Waals surface area (Å²) in [4.78, 5) is 33.0. The Kier molecular flexibility index (Phi) is 5.13. The molecule has 33 heavy (non-hydrogen) atoms. The Bertz CT molecular complexity index is 1370. The molecule has 1 N–H and O–H groups in total. The fourth-order valence-electron chi connectivity index (χ4n) is 4.59.